The van der Waals surface area contributed by atoms with Crippen LogP contribution in [0, 0.1) is 0 Å². The van der Waals surface area contributed by atoms with Gasteiger partial charge >= 0.3 is 0 Å². The van der Waals surface area contributed by atoms with Crippen molar-refractivity contribution in [2.45, 2.75) is 32.6 Å². The van der Waals surface area contributed by atoms with Crippen LogP contribution in [0.4, 0.5) is 0 Å². The molecule has 0 bridgehead atoms. The molecule has 1 aromatic carbocycles. The van der Waals surface area contributed by atoms with Gasteiger partial charge in [-0.3, -0.25) is 4.79 Å². The zero-order valence-electron chi connectivity index (χ0n) is 10.3. The van der Waals surface area contributed by atoms with Crippen molar-refractivity contribution >= 4 is 20.1 Å². The van der Waals surface area contributed by atoms with E-state index < -0.39 is 0 Å². The number of nitrogens with one attached hydrogen (secondary N) is 1. The van der Waals surface area contributed by atoms with Crippen molar-refractivity contribution in [1.29, 1.82) is 0 Å². The molecule has 1 aromatic rings. The first kappa shape index (κ1) is 13.9. The van der Waals surface area contributed by atoms with E-state index in [1.165, 1.54) is 5.56 Å². The van der Waals surface area contributed by atoms with Gasteiger partial charge < -0.3 is 5.32 Å². The van der Waals surface area contributed by atoms with Gasteiger partial charge in [-0.1, -0.05) is 37.3 Å². The third-order valence-electron chi connectivity index (χ3n) is 2.64. The molecule has 1 N–H and O–H groups in total. The van der Waals surface area contributed by atoms with E-state index in [1.807, 2.05) is 18.2 Å². The second-order valence-electron chi connectivity index (χ2n) is 4.07. The van der Waals surface area contributed by atoms with Crippen LogP contribution in [-0.4, -0.2) is 17.7 Å². The van der Waals surface area contributed by atoms with E-state index in [-0.39, 0.29) is 5.91 Å². The van der Waals surface area contributed by atoms with Crippen molar-refractivity contribution in [3.8, 4) is 0 Å². The fraction of sp³-hybridized carbons (Fsp3) is 0.429. The van der Waals surface area contributed by atoms with Gasteiger partial charge in [0.05, 0.1) is 0 Å². The Morgan fingerprint density at radius 2 is 2.00 bits per heavy atom. The highest BCUT2D eigenvalue weighted by Crippen LogP contribution is 2.04. The average molecular weight is 249 g/mol. The molecule has 17 heavy (non-hydrogen) atoms. The first-order valence-corrected chi connectivity index (χ1v) is 6.59. The maximum Gasteiger partial charge on any atom is 0.220 e. The molecule has 92 valence electrons. The largest absolute Gasteiger partial charge is 0.352 e. The number of carbonyl (C=O) groups is 1. The number of aryl methyl sites for hydroxylation is 1. The van der Waals surface area contributed by atoms with Crippen LogP contribution in [0.1, 0.15) is 31.7 Å². The molecule has 0 atom stereocenters. The van der Waals surface area contributed by atoms with E-state index in [1.54, 1.807) is 0 Å². The second-order valence-corrected chi connectivity index (χ2v) is 4.78. The van der Waals surface area contributed by atoms with Crippen LogP contribution in [0.3, 0.4) is 0 Å². The number of carbonyl (C=O) groups excluding carboxylic acids is 1. The van der Waals surface area contributed by atoms with E-state index >= 15 is 0 Å². The minimum atomic E-state index is 0.130. The summed E-state index contributed by atoms with van der Waals surface area (Å²) in [4.78, 5) is 11.5. The van der Waals surface area contributed by atoms with Gasteiger partial charge in [0.15, 0.2) is 0 Å². The predicted molar refractivity (Wildman–Crippen MR) is 76.0 cm³/mol. The first-order chi connectivity index (χ1) is 8.22. The lowest BCUT2D eigenvalue weighted by molar-refractivity contribution is -0.120. The number of rotatable bonds is 7. The van der Waals surface area contributed by atoms with Crippen molar-refractivity contribution in [2.24, 2.45) is 0 Å². The lowest BCUT2D eigenvalue weighted by Crippen LogP contribution is -2.28. The van der Waals surface area contributed by atoms with Gasteiger partial charge in [0.2, 0.25) is 5.91 Å². The highest BCUT2D eigenvalue weighted by atomic mass is 31.0. The molecule has 0 saturated heterocycles. The third kappa shape index (κ3) is 6.23. The monoisotopic (exact) mass is 249 g/mol. The Kier molecular flexibility index (Phi) is 6.57. The molecular formula is C14H20NOP. The fourth-order valence-corrected chi connectivity index (χ4v) is 1.60. The standard InChI is InChI=1S/C14H20NOP/c1-2-13(17)11-15-14(16)10-6-9-12-7-4-3-5-8-12/h3-5,7-8,17H,2,6,9-11H2,1H3,(H,15,16). The molecule has 0 aromatic heterocycles. The van der Waals surface area contributed by atoms with Crippen molar-refractivity contribution in [3.05, 3.63) is 35.9 Å². The third-order valence-corrected chi connectivity index (χ3v) is 3.17. The van der Waals surface area contributed by atoms with E-state index in [0.29, 0.717) is 13.0 Å². The summed E-state index contributed by atoms with van der Waals surface area (Å²) in [5.41, 5.74) is 1.29. The summed E-state index contributed by atoms with van der Waals surface area (Å²) in [5, 5.41) is 4.02. The Bertz CT molecular complexity index is 362. The zero-order chi connectivity index (χ0) is 12.5. The minimum absolute atomic E-state index is 0.130. The van der Waals surface area contributed by atoms with E-state index in [9.17, 15) is 4.79 Å². The highest BCUT2D eigenvalue weighted by Gasteiger charge is 2.01. The number of hydrogen-bond acceptors (Lipinski definition) is 1. The van der Waals surface area contributed by atoms with Crippen LogP contribution in [0.5, 0.6) is 0 Å². The molecular weight excluding hydrogens is 229 g/mol. The molecule has 0 aliphatic carbocycles. The van der Waals surface area contributed by atoms with Gasteiger partial charge in [0.25, 0.3) is 0 Å². The fourth-order valence-electron chi connectivity index (χ4n) is 1.52. The predicted octanol–water partition coefficient (Wildman–Crippen LogP) is 2.85. The SMILES string of the molecule is CCC(=P)CNC(=O)CCCc1ccccc1. The first-order valence-electron chi connectivity index (χ1n) is 6.09. The molecule has 0 unspecified atom stereocenters. The smallest absolute Gasteiger partial charge is 0.220 e. The molecule has 0 heterocycles. The molecule has 3 heteroatoms. The summed E-state index contributed by atoms with van der Waals surface area (Å²) in [7, 11) is 3.46. The lowest BCUT2D eigenvalue weighted by Gasteiger charge is -2.05. The molecule has 0 saturated carbocycles. The minimum Gasteiger partial charge on any atom is -0.352 e. The summed E-state index contributed by atoms with van der Waals surface area (Å²) >= 11 is 0. The molecule has 1 amide bonds. The molecule has 0 fully saturated rings. The Balaban J connectivity index is 2.14. The second kappa shape index (κ2) is 8.03. The Morgan fingerprint density at radius 1 is 1.29 bits per heavy atom. The summed E-state index contributed by atoms with van der Waals surface area (Å²) in [6, 6.07) is 10.3. The van der Waals surface area contributed by atoms with Crippen LogP contribution in [-0.2, 0) is 11.2 Å². The van der Waals surface area contributed by atoms with Crippen molar-refractivity contribution in [1.82, 2.24) is 5.32 Å². The van der Waals surface area contributed by atoms with E-state index in [4.69, 9.17) is 0 Å². The molecule has 2 nitrogen and oxygen atoms in total. The Morgan fingerprint density at radius 3 is 2.65 bits per heavy atom. The zero-order valence-corrected chi connectivity index (χ0v) is 11.3. The molecule has 0 spiro atoms. The van der Waals surface area contributed by atoms with Crippen molar-refractivity contribution < 1.29 is 4.79 Å². The van der Waals surface area contributed by atoms with Gasteiger partial charge in [-0.15, -0.1) is 8.86 Å². The van der Waals surface area contributed by atoms with Gasteiger partial charge in [-0.2, -0.15) is 0 Å². The Labute approximate surface area is 106 Å². The highest BCUT2D eigenvalue weighted by molar-refractivity contribution is 7.21. The van der Waals surface area contributed by atoms with Crippen LogP contribution in [0.15, 0.2) is 30.3 Å². The van der Waals surface area contributed by atoms with Gasteiger partial charge in [-0.05, 0) is 30.1 Å². The van der Waals surface area contributed by atoms with E-state index in [2.05, 4.69) is 33.2 Å². The number of benzene rings is 1. The average Bonchev–Trinajstić information content (AvgIpc) is 2.37. The van der Waals surface area contributed by atoms with Crippen molar-refractivity contribution in [2.75, 3.05) is 6.54 Å². The molecule has 0 aliphatic rings. The maximum atomic E-state index is 11.5. The van der Waals surface area contributed by atoms with E-state index in [0.717, 1.165) is 24.6 Å². The summed E-state index contributed by atoms with van der Waals surface area (Å²) < 4.78 is 0. The Hall–Kier alpha value is -1.14. The number of hydrogen-bond donors (Lipinski definition) is 1. The topological polar surface area (TPSA) is 29.1 Å². The lowest BCUT2D eigenvalue weighted by atomic mass is 10.1. The summed E-state index contributed by atoms with van der Waals surface area (Å²) in [5.74, 6) is 0.130. The molecule has 0 radical (unpaired) electrons. The van der Waals surface area contributed by atoms with Gasteiger partial charge in [0.1, 0.15) is 0 Å². The van der Waals surface area contributed by atoms with Crippen molar-refractivity contribution in [3.63, 3.8) is 0 Å². The van der Waals surface area contributed by atoms with Crippen LogP contribution in [0.25, 0.3) is 0 Å². The number of amides is 1. The molecule has 0 aliphatic heterocycles. The van der Waals surface area contributed by atoms with Crippen LogP contribution in [0.2, 0.25) is 0 Å². The van der Waals surface area contributed by atoms with Gasteiger partial charge in [0, 0.05) is 13.0 Å². The summed E-state index contributed by atoms with van der Waals surface area (Å²) in [6.07, 6.45) is 3.41. The molecule has 1 rings (SSSR count). The van der Waals surface area contributed by atoms with Gasteiger partial charge in [-0.25, -0.2) is 0 Å². The maximum absolute atomic E-state index is 11.5. The van der Waals surface area contributed by atoms with Crippen LogP contribution >= 0.6 is 8.86 Å². The normalized spacial score (nSPS) is 9.94. The van der Waals surface area contributed by atoms with Crippen LogP contribution < -0.4 is 5.32 Å². The quantitative estimate of drug-likeness (QED) is 0.740. The summed E-state index contributed by atoms with van der Waals surface area (Å²) in [6.45, 7) is 2.70.